The normalized spacial score (nSPS) is 16.1. The van der Waals surface area contributed by atoms with Gasteiger partial charge in [0.25, 0.3) is 5.91 Å². The Balaban J connectivity index is 1.47. The Hall–Kier alpha value is -3.61. The Labute approximate surface area is 186 Å². The minimum Gasteiger partial charge on any atom is -0.508 e. The Morgan fingerprint density at radius 1 is 1.19 bits per heavy atom. The summed E-state index contributed by atoms with van der Waals surface area (Å²) in [5.41, 5.74) is 2.94. The maximum Gasteiger partial charge on any atom is 0.345 e. The van der Waals surface area contributed by atoms with Crippen LogP contribution in [-0.2, 0) is 4.79 Å². The number of carbonyl (C=O) groups excluding carboxylic acids is 1. The first-order valence-corrected chi connectivity index (χ1v) is 10.8. The summed E-state index contributed by atoms with van der Waals surface area (Å²) in [5.74, 6) is 1.33. The quantitative estimate of drug-likeness (QED) is 0.639. The van der Waals surface area contributed by atoms with Crippen molar-refractivity contribution in [2.24, 2.45) is 5.92 Å². The van der Waals surface area contributed by atoms with Gasteiger partial charge in [-0.3, -0.25) is 4.79 Å². The summed E-state index contributed by atoms with van der Waals surface area (Å²) < 4.78 is 5.69. The van der Waals surface area contributed by atoms with Gasteiger partial charge in [0.15, 0.2) is 6.61 Å². The van der Waals surface area contributed by atoms with Crippen molar-refractivity contribution in [1.29, 1.82) is 0 Å². The van der Waals surface area contributed by atoms with Crippen LogP contribution in [0.3, 0.4) is 0 Å². The summed E-state index contributed by atoms with van der Waals surface area (Å²) >= 11 is 0. The second kappa shape index (κ2) is 9.26. The molecular formula is C25H27N3O4. The second-order valence-corrected chi connectivity index (χ2v) is 8.39. The number of aromatic hydroxyl groups is 1. The molecule has 0 saturated carbocycles. The maximum absolute atomic E-state index is 12.4. The molecule has 3 aromatic rings. The molecule has 1 unspecified atom stereocenters. The van der Waals surface area contributed by atoms with Crippen molar-refractivity contribution in [1.82, 2.24) is 14.9 Å². The zero-order valence-electron chi connectivity index (χ0n) is 18.3. The number of benzene rings is 2. The summed E-state index contributed by atoms with van der Waals surface area (Å²) in [7, 11) is 0. The summed E-state index contributed by atoms with van der Waals surface area (Å²) in [6.07, 6.45) is 2.20. The summed E-state index contributed by atoms with van der Waals surface area (Å²) in [6, 6.07) is 14.1. The molecule has 0 aliphatic carbocycles. The highest BCUT2D eigenvalue weighted by Crippen LogP contribution is 2.27. The molecular weight excluding hydrogens is 406 g/mol. The minimum atomic E-state index is -0.454. The number of aryl methyl sites for hydroxylation is 1. The van der Waals surface area contributed by atoms with E-state index in [0.717, 1.165) is 37.1 Å². The van der Waals surface area contributed by atoms with E-state index in [-0.39, 0.29) is 18.3 Å². The van der Waals surface area contributed by atoms with Gasteiger partial charge in [-0.2, -0.15) is 4.98 Å². The van der Waals surface area contributed by atoms with Crippen LogP contribution < -0.4 is 10.4 Å². The molecule has 0 spiro atoms. The topological polar surface area (TPSA) is 95.5 Å². The largest absolute Gasteiger partial charge is 0.508 e. The predicted octanol–water partition coefficient (Wildman–Crippen LogP) is 3.76. The lowest BCUT2D eigenvalue weighted by Gasteiger charge is -2.30. The Morgan fingerprint density at radius 3 is 2.66 bits per heavy atom. The molecule has 0 radical (unpaired) electrons. The number of carbonyl (C=O) groups is 1. The monoisotopic (exact) mass is 433 g/mol. The third kappa shape index (κ3) is 4.99. The van der Waals surface area contributed by atoms with Gasteiger partial charge in [-0.15, -0.1) is 0 Å². The van der Waals surface area contributed by atoms with Crippen LogP contribution in [-0.4, -0.2) is 45.6 Å². The second-order valence-electron chi connectivity index (χ2n) is 8.39. The number of phenolic OH excluding ortho intramolecular Hbond substituents is 1. The van der Waals surface area contributed by atoms with Gasteiger partial charge < -0.3 is 19.7 Å². The van der Waals surface area contributed by atoms with Crippen LogP contribution in [0.1, 0.15) is 25.3 Å². The SMILES string of the molecule is Cc1cc(-c2cc(-c3ccc(OCC(=O)N4CCCC(C)C4)cc3)[nH]c(=O)n2)ccc1O. The lowest BCUT2D eigenvalue weighted by molar-refractivity contribution is -0.135. The minimum absolute atomic E-state index is 0.00734. The first-order chi connectivity index (χ1) is 15.4. The lowest BCUT2D eigenvalue weighted by Crippen LogP contribution is -2.41. The number of phenols is 1. The highest BCUT2D eigenvalue weighted by atomic mass is 16.5. The molecule has 2 heterocycles. The van der Waals surface area contributed by atoms with Crippen LogP contribution in [0.2, 0.25) is 0 Å². The maximum atomic E-state index is 12.4. The van der Waals surface area contributed by atoms with Crippen molar-refractivity contribution in [2.45, 2.75) is 26.7 Å². The highest BCUT2D eigenvalue weighted by molar-refractivity contribution is 5.78. The smallest absolute Gasteiger partial charge is 0.345 e. The number of aromatic amines is 1. The highest BCUT2D eigenvalue weighted by Gasteiger charge is 2.21. The van der Waals surface area contributed by atoms with E-state index in [0.29, 0.717) is 28.6 Å². The number of H-pyrrole nitrogens is 1. The molecule has 1 aromatic heterocycles. The summed E-state index contributed by atoms with van der Waals surface area (Å²) in [4.78, 5) is 33.2. The van der Waals surface area contributed by atoms with Crippen molar-refractivity contribution in [3.63, 3.8) is 0 Å². The van der Waals surface area contributed by atoms with Crippen LogP contribution in [0.15, 0.2) is 53.3 Å². The molecule has 1 amide bonds. The Kier molecular flexibility index (Phi) is 6.25. The van der Waals surface area contributed by atoms with E-state index in [4.69, 9.17) is 4.74 Å². The molecule has 1 aliphatic rings. The fourth-order valence-corrected chi connectivity index (χ4v) is 3.96. The molecule has 1 fully saturated rings. The third-order valence-electron chi connectivity index (χ3n) is 5.77. The van der Waals surface area contributed by atoms with Crippen LogP contribution in [0.4, 0.5) is 0 Å². The van der Waals surface area contributed by atoms with Gasteiger partial charge in [0.2, 0.25) is 0 Å². The van der Waals surface area contributed by atoms with Gasteiger partial charge in [0.1, 0.15) is 11.5 Å². The summed E-state index contributed by atoms with van der Waals surface area (Å²) in [6.45, 7) is 5.56. The molecule has 0 bridgehead atoms. The number of likely N-dealkylation sites (tertiary alicyclic amines) is 1. The predicted molar refractivity (Wildman–Crippen MR) is 123 cm³/mol. The van der Waals surface area contributed by atoms with E-state index >= 15 is 0 Å². The number of amides is 1. The van der Waals surface area contributed by atoms with Gasteiger partial charge in [-0.25, -0.2) is 4.79 Å². The molecule has 1 saturated heterocycles. The molecule has 4 rings (SSSR count). The number of hydrogen-bond donors (Lipinski definition) is 2. The Bertz CT molecular complexity index is 1170. The number of ether oxygens (including phenoxy) is 1. The van der Waals surface area contributed by atoms with Crippen molar-refractivity contribution in [3.05, 3.63) is 64.6 Å². The van der Waals surface area contributed by atoms with Gasteiger partial charge in [0, 0.05) is 18.7 Å². The molecule has 1 atom stereocenters. The molecule has 1 aliphatic heterocycles. The van der Waals surface area contributed by atoms with Crippen molar-refractivity contribution in [3.8, 4) is 34.0 Å². The number of hydrogen-bond acceptors (Lipinski definition) is 5. The fourth-order valence-electron chi connectivity index (χ4n) is 3.96. The number of piperidine rings is 1. The molecule has 32 heavy (non-hydrogen) atoms. The average molecular weight is 434 g/mol. The standard InChI is InChI=1S/C25H27N3O4/c1-16-4-3-11-28(14-16)24(30)15-32-20-8-5-18(6-9-20)21-13-22(27-25(31)26-21)19-7-10-23(29)17(2)12-19/h5-10,12-13,16,29H,3-4,11,14-15H2,1-2H3,(H,26,27,31). The lowest BCUT2D eigenvalue weighted by atomic mass is 10.0. The van der Waals surface area contributed by atoms with Crippen LogP contribution in [0, 0.1) is 12.8 Å². The van der Waals surface area contributed by atoms with Gasteiger partial charge >= 0.3 is 5.69 Å². The first kappa shape index (κ1) is 21.6. The van der Waals surface area contributed by atoms with Crippen molar-refractivity contribution in [2.75, 3.05) is 19.7 Å². The first-order valence-electron chi connectivity index (χ1n) is 10.8. The van der Waals surface area contributed by atoms with E-state index in [1.54, 1.807) is 43.3 Å². The fraction of sp³-hybridized carbons (Fsp3) is 0.320. The Morgan fingerprint density at radius 2 is 1.94 bits per heavy atom. The van der Waals surface area contributed by atoms with E-state index < -0.39 is 5.69 Å². The van der Waals surface area contributed by atoms with Crippen LogP contribution in [0.5, 0.6) is 11.5 Å². The third-order valence-corrected chi connectivity index (χ3v) is 5.77. The molecule has 7 heteroatoms. The number of nitrogens with zero attached hydrogens (tertiary/aromatic N) is 2. The van der Waals surface area contributed by atoms with E-state index in [2.05, 4.69) is 16.9 Å². The zero-order chi connectivity index (χ0) is 22.7. The number of nitrogens with one attached hydrogen (secondary N) is 1. The van der Waals surface area contributed by atoms with E-state index in [1.807, 2.05) is 17.0 Å². The molecule has 2 aromatic carbocycles. The number of aromatic nitrogens is 2. The summed E-state index contributed by atoms with van der Waals surface area (Å²) in [5, 5.41) is 9.74. The van der Waals surface area contributed by atoms with Crippen LogP contribution in [0.25, 0.3) is 22.5 Å². The average Bonchev–Trinajstić information content (AvgIpc) is 2.79. The zero-order valence-corrected chi connectivity index (χ0v) is 18.3. The van der Waals surface area contributed by atoms with E-state index in [9.17, 15) is 14.7 Å². The van der Waals surface area contributed by atoms with Gasteiger partial charge in [-0.05, 0) is 85.3 Å². The van der Waals surface area contributed by atoms with Crippen molar-refractivity contribution < 1.29 is 14.6 Å². The molecule has 2 N–H and O–H groups in total. The molecule has 7 nitrogen and oxygen atoms in total. The van der Waals surface area contributed by atoms with E-state index in [1.165, 1.54) is 0 Å². The molecule has 166 valence electrons. The van der Waals surface area contributed by atoms with Crippen LogP contribution >= 0.6 is 0 Å². The van der Waals surface area contributed by atoms with Gasteiger partial charge in [0.05, 0.1) is 11.4 Å². The number of rotatable bonds is 5. The van der Waals surface area contributed by atoms with Gasteiger partial charge in [-0.1, -0.05) is 6.92 Å². The van der Waals surface area contributed by atoms with Crippen molar-refractivity contribution >= 4 is 5.91 Å².